The lowest BCUT2D eigenvalue weighted by atomic mass is 10.2. The first-order valence-corrected chi connectivity index (χ1v) is 8.55. The summed E-state index contributed by atoms with van der Waals surface area (Å²) >= 11 is 8.18. The molecule has 7 heteroatoms. The lowest BCUT2D eigenvalue weighted by Crippen LogP contribution is -2.29. The van der Waals surface area contributed by atoms with Gasteiger partial charge in [0.25, 0.3) is 5.91 Å². The zero-order valence-electron chi connectivity index (χ0n) is 11.5. The van der Waals surface area contributed by atoms with Crippen LogP contribution in [-0.4, -0.2) is 32.7 Å². The van der Waals surface area contributed by atoms with Gasteiger partial charge < -0.3 is 5.11 Å². The second-order valence-corrected chi connectivity index (χ2v) is 7.63. The van der Waals surface area contributed by atoms with Crippen LogP contribution in [0.4, 0.5) is 0 Å². The van der Waals surface area contributed by atoms with Gasteiger partial charge in [0.05, 0.1) is 4.91 Å². The van der Waals surface area contributed by atoms with Crippen molar-refractivity contribution in [3.63, 3.8) is 0 Å². The molecular weight excluding hydrogens is 326 g/mol. The molecule has 0 spiro atoms. The lowest BCUT2D eigenvalue weighted by Gasteiger charge is -2.13. The number of hydrogen-bond donors (Lipinski definition) is 1. The number of nitrogens with zero attached hydrogens (tertiary/aromatic N) is 1. The Kier molecular flexibility index (Phi) is 5.55. The van der Waals surface area contributed by atoms with Crippen LogP contribution in [0.2, 0.25) is 0 Å². The van der Waals surface area contributed by atoms with E-state index < -0.39 is 5.97 Å². The van der Waals surface area contributed by atoms with E-state index in [2.05, 4.69) is 0 Å². The van der Waals surface area contributed by atoms with Crippen molar-refractivity contribution in [3.05, 3.63) is 26.8 Å². The van der Waals surface area contributed by atoms with Gasteiger partial charge in [-0.25, -0.2) is 0 Å². The molecule has 0 aromatic carbocycles. The summed E-state index contributed by atoms with van der Waals surface area (Å²) in [7, 11) is 0. The van der Waals surface area contributed by atoms with Gasteiger partial charge in [0, 0.05) is 22.7 Å². The molecule has 112 valence electrons. The molecule has 0 atom stereocenters. The molecule has 0 saturated carbocycles. The number of thiophene rings is 1. The molecule has 1 aromatic rings. The highest BCUT2D eigenvalue weighted by molar-refractivity contribution is 8.26. The first-order valence-electron chi connectivity index (χ1n) is 6.51. The number of rotatable bonds is 6. The highest BCUT2D eigenvalue weighted by Crippen LogP contribution is 2.33. The highest BCUT2D eigenvalue weighted by Gasteiger charge is 2.31. The summed E-state index contributed by atoms with van der Waals surface area (Å²) in [6.07, 6.45) is 3.19. The van der Waals surface area contributed by atoms with E-state index in [0.29, 0.717) is 28.6 Å². The van der Waals surface area contributed by atoms with Gasteiger partial charge in [-0.3, -0.25) is 14.5 Å². The van der Waals surface area contributed by atoms with Crippen LogP contribution in [0.1, 0.15) is 29.0 Å². The average Bonchev–Trinajstić information content (AvgIpc) is 2.92. The van der Waals surface area contributed by atoms with Crippen LogP contribution >= 0.6 is 35.3 Å². The predicted octanol–water partition coefficient (Wildman–Crippen LogP) is 3.51. The van der Waals surface area contributed by atoms with Crippen LogP contribution in [0.3, 0.4) is 0 Å². The van der Waals surface area contributed by atoms with E-state index in [1.165, 1.54) is 16.6 Å². The van der Waals surface area contributed by atoms with E-state index in [0.717, 1.165) is 4.88 Å². The monoisotopic (exact) mass is 341 g/mol. The number of hydrogen-bond acceptors (Lipinski definition) is 5. The summed E-state index contributed by atoms with van der Waals surface area (Å²) in [5, 5.41) is 8.60. The van der Waals surface area contributed by atoms with Crippen LogP contribution in [0.5, 0.6) is 0 Å². The molecule has 4 nitrogen and oxygen atoms in total. The molecule has 2 rings (SSSR count). The minimum absolute atomic E-state index is 0.0774. The molecule has 1 amide bonds. The molecule has 1 fully saturated rings. The van der Waals surface area contributed by atoms with E-state index in [9.17, 15) is 9.59 Å². The van der Waals surface area contributed by atoms with Crippen LogP contribution in [0, 0.1) is 6.92 Å². The number of thioether (sulfide) groups is 1. The molecule has 1 aliphatic rings. The van der Waals surface area contributed by atoms with E-state index in [1.54, 1.807) is 16.2 Å². The van der Waals surface area contributed by atoms with Crippen molar-refractivity contribution in [2.75, 3.05) is 6.54 Å². The SMILES string of the molecule is Cc1ccc(/C=C2\SC(=S)N(CCCCC(=O)O)C2=O)s1. The van der Waals surface area contributed by atoms with Gasteiger partial charge in [0.1, 0.15) is 4.32 Å². The Morgan fingerprint density at radius 2 is 2.19 bits per heavy atom. The molecule has 0 aliphatic carbocycles. The standard InChI is InChI=1S/C14H15NO3S3/c1-9-5-6-10(20-9)8-11-13(18)15(14(19)21-11)7-3-2-4-12(16)17/h5-6,8H,2-4,7H2,1H3,(H,16,17)/b11-8-. The van der Waals surface area contributed by atoms with E-state index >= 15 is 0 Å². The molecule has 0 bridgehead atoms. The predicted molar refractivity (Wildman–Crippen MR) is 90.4 cm³/mol. The third-order valence-electron chi connectivity index (χ3n) is 2.93. The average molecular weight is 341 g/mol. The van der Waals surface area contributed by atoms with Crippen molar-refractivity contribution in [1.82, 2.24) is 4.90 Å². The fraction of sp³-hybridized carbons (Fsp3) is 0.357. The fourth-order valence-corrected chi connectivity index (χ4v) is 4.09. The zero-order chi connectivity index (χ0) is 15.4. The molecule has 1 aliphatic heterocycles. The second kappa shape index (κ2) is 7.20. The molecular formula is C14H15NO3S3. The second-order valence-electron chi connectivity index (χ2n) is 4.63. The van der Waals surface area contributed by atoms with Crippen molar-refractivity contribution in [2.45, 2.75) is 26.2 Å². The number of unbranched alkanes of at least 4 members (excludes halogenated alkanes) is 1. The smallest absolute Gasteiger partial charge is 0.303 e. The third-order valence-corrected chi connectivity index (χ3v) is 5.26. The van der Waals surface area contributed by atoms with Crippen molar-refractivity contribution < 1.29 is 14.7 Å². The Hall–Kier alpha value is -1.18. The van der Waals surface area contributed by atoms with Crippen LogP contribution in [-0.2, 0) is 9.59 Å². The van der Waals surface area contributed by atoms with E-state index in [-0.39, 0.29) is 12.3 Å². The summed E-state index contributed by atoms with van der Waals surface area (Å²) in [6.45, 7) is 2.51. The summed E-state index contributed by atoms with van der Waals surface area (Å²) in [4.78, 5) is 27.2. The van der Waals surface area contributed by atoms with Crippen LogP contribution in [0.25, 0.3) is 6.08 Å². The van der Waals surface area contributed by atoms with Crippen LogP contribution < -0.4 is 0 Å². The Morgan fingerprint density at radius 3 is 2.81 bits per heavy atom. The molecule has 1 saturated heterocycles. The van der Waals surface area contributed by atoms with Crippen molar-refractivity contribution in [3.8, 4) is 0 Å². The van der Waals surface area contributed by atoms with Gasteiger partial charge in [-0.2, -0.15) is 0 Å². The zero-order valence-corrected chi connectivity index (χ0v) is 13.9. The third kappa shape index (κ3) is 4.39. The molecule has 0 unspecified atom stereocenters. The quantitative estimate of drug-likeness (QED) is 0.487. The summed E-state index contributed by atoms with van der Waals surface area (Å²) < 4.78 is 0.551. The molecule has 21 heavy (non-hydrogen) atoms. The van der Waals surface area contributed by atoms with Gasteiger partial charge in [0.15, 0.2) is 0 Å². The molecule has 1 N–H and O–H groups in total. The number of amides is 1. The van der Waals surface area contributed by atoms with Crippen molar-refractivity contribution in [2.24, 2.45) is 0 Å². The van der Waals surface area contributed by atoms with Crippen molar-refractivity contribution in [1.29, 1.82) is 0 Å². The van der Waals surface area contributed by atoms with Gasteiger partial charge in [-0.15, -0.1) is 11.3 Å². The van der Waals surface area contributed by atoms with Crippen LogP contribution in [0.15, 0.2) is 17.0 Å². The Bertz CT molecular complexity index is 606. The number of carbonyl (C=O) groups is 2. The normalized spacial score (nSPS) is 17.0. The molecule has 2 heterocycles. The minimum atomic E-state index is -0.812. The summed E-state index contributed by atoms with van der Waals surface area (Å²) in [6, 6.07) is 4.00. The molecule has 0 radical (unpaired) electrons. The topological polar surface area (TPSA) is 57.6 Å². The molecule has 1 aromatic heterocycles. The fourth-order valence-electron chi connectivity index (χ4n) is 1.90. The van der Waals surface area contributed by atoms with E-state index in [4.69, 9.17) is 17.3 Å². The lowest BCUT2D eigenvalue weighted by molar-refractivity contribution is -0.137. The summed E-state index contributed by atoms with van der Waals surface area (Å²) in [5.41, 5.74) is 0. The maximum Gasteiger partial charge on any atom is 0.303 e. The number of carboxylic acids is 1. The van der Waals surface area contributed by atoms with Gasteiger partial charge >= 0.3 is 5.97 Å². The first kappa shape index (κ1) is 16.2. The van der Waals surface area contributed by atoms with Gasteiger partial charge in [0.2, 0.25) is 0 Å². The number of aryl methyl sites for hydroxylation is 1. The highest BCUT2D eigenvalue weighted by atomic mass is 32.2. The maximum absolute atomic E-state index is 12.3. The number of carboxylic acid groups (broad SMARTS) is 1. The number of carbonyl (C=O) groups excluding carboxylic acids is 1. The van der Waals surface area contributed by atoms with E-state index in [1.807, 2.05) is 25.1 Å². The summed E-state index contributed by atoms with van der Waals surface area (Å²) in [5.74, 6) is -0.889. The first-order chi connectivity index (χ1) is 9.97. The number of aliphatic carboxylic acids is 1. The Labute approximate surface area is 136 Å². The number of thiocarbonyl (C=S) groups is 1. The maximum atomic E-state index is 12.3. The van der Waals surface area contributed by atoms with Gasteiger partial charge in [-0.1, -0.05) is 24.0 Å². The van der Waals surface area contributed by atoms with Gasteiger partial charge in [-0.05, 0) is 38.0 Å². The van der Waals surface area contributed by atoms with Crippen molar-refractivity contribution >= 4 is 57.6 Å². The Morgan fingerprint density at radius 1 is 1.43 bits per heavy atom. The Balaban J connectivity index is 1.96. The minimum Gasteiger partial charge on any atom is -0.481 e. The largest absolute Gasteiger partial charge is 0.481 e.